The molecular formula is C26H28N4O4. The van der Waals surface area contributed by atoms with Crippen molar-refractivity contribution in [3.8, 4) is 0 Å². The Morgan fingerprint density at radius 2 is 0.941 bits per heavy atom. The van der Waals surface area contributed by atoms with Crippen molar-refractivity contribution in [3.05, 3.63) is 71.8 Å². The third-order valence-electron chi connectivity index (χ3n) is 6.11. The normalized spacial score (nSPS) is 14.8. The molecular weight excluding hydrogens is 432 g/mol. The minimum Gasteiger partial charge on any atom is -0.313 e. The van der Waals surface area contributed by atoms with Gasteiger partial charge < -0.3 is 10.6 Å². The van der Waals surface area contributed by atoms with Crippen molar-refractivity contribution in [2.24, 2.45) is 0 Å². The summed E-state index contributed by atoms with van der Waals surface area (Å²) in [4.78, 5) is 55.2. The fraction of sp³-hybridized carbons (Fsp3) is 0.308. The van der Waals surface area contributed by atoms with Gasteiger partial charge in [0, 0.05) is 59.2 Å². The summed E-state index contributed by atoms with van der Waals surface area (Å²) < 4.78 is 0. The van der Waals surface area contributed by atoms with Crippen molar-refractivity contribution in [1.29, 1.82) is 0 Å². The number of hydrogen-bond donors (Lipinski definition) is 2. The van der Waals surface area contributed by atoms with E-state index in [0.29, 0.717) is 72.0 Å². The molecule has 0 aromatic heterocycles. The van der Waals surface area contributed by atoms with Crippen molar-refractivity contribution in [2.45, 2.75) is 12.8 Å². The van der Waals surface area contributed by atoms with Gasteiger partial charge in [-0.2, -0.15) is 0 Å². The number of carbonyl (C=O) groups is 4. The van der Waals surface area contributed by atoms with Gasteiger partial charge in [0.2, 0.25) is 0 Å². The molecule has 8 heteroatoms. The molecule has 0 unspecified atom stereocenters. The first-order chi connectivity index (χ1) is 16.5. The maximum Gasteiger partial charge on any atom is 0.261 e. The highest BCUT2D eigenvalue weighted by molar-refractivity contribution is 6.33. The number of carbonyl (C=O) groups excluding carboxylic acids is 4. The largest absolute Gasteiger partial charge is 0.313 e. The number of amides is 4. The van der Waals surface area contributed by atoms with Crippen molar-refractivity contribution in [2.75, 3.05) is 39.3 Å². The highest BCUT2D eigenvalue weighted by Gasteiger charge is 2.39. The van der Waals surface area contributed by atoms with Gasteiger partial charge in [0.1, 0.15) is 0 Å². The Morgan fingerprint density at radius 1 is 0.618 bits per heavy atom. The van der Waals surface area contributed by atoms with Crippen LogP contribution in [0.4, 0.5) is 0 Å². The first kappa shape index (κ1) is 23.5. The number of hydrogen-bond acceptors (Lipinski definition) is 6. The van der Waals surface area contributed by atoms with Gasteiger partial charge >= 0.3 is 0 Å². The molecule has 0 saturated heterocycles. The Balaban J connectivity index is 1.63. The second-order valence-corrected chi connectivity index (χ2v) is 8.29. The second kappa shape index (κ2) is 10.1. The van der Waals surface area contributed by atoms with Gasteiger partial charge in [0.05, 0.1) is 0 Å². The average Bonchev–Trinajstić information content (AvgIpc) is 2.84. The fourth-order valence-corrected chi connectivity index (χ4v) is 4.51. The van der Waals surface area contributed by atoms with Crippen LogP contribution in [-0.2, 0) is 0 Å². The van der Waals surface area contributed by atoms with Gasteiger partial charge in [0.25, 0.3) is 23.6 Å². The summed E-state index contributed by atoms with van der Waals surface area (Å²) in [5.41, 5.74) is 1.38. The van der Waals surface area contributed by atoms with E-state index < -0.39 is 23.6 Å². The maximum absolute atomic E-state index is 13.2. The first-order valence-electron chi connectivity index (χ1n) is 11.5. The van der Waals surface area contributed by atoms with Crippen LogP contribution in [0.3, 0.4) is 0 Å². The SMILES string of the molecule is C=CCNCCCN1C(=O)c2ccc3c4c(ccc(c24)C1=O)C(=O)N(CCCNCC=C)C3=O. The molecule has 2 aliphatic heterocycles. The molecule has 0 fully saturated rings. The molecule has 2 heterocycles. The van der Waals surface area contributed by atoms with Crippen molar-refractivity contribution in [3.63, 3.8) is 0 Å². The zero-order valence-corrected chi connectivity index (χ0v) is 19.1. The Labute approximate surface area is 198 Å². The number of nitrogens with zero attached hydrogens (tertiary/aromatic N) is 2. The molecule has 2 aromatic carbocycles. The Kier molecular flexibility index (Phi) is 7.00. The highest BCUT2D eigenvalue weighted by Crippen LogP contribution is 2.37. The molecule has 4 rings (SSSR count). The molecule has 2 aromatic rings. The third-order valence-corrected chi connectivity index (χ3v) is 6.11. The molecule has 4 amide bonds. The summed E-state index contributed by atoms with van der Waals surface area (Å²) in [6, 6.07) is 6.39. The van der Waals surface area contributed by atoms with E-state index in [1.165, 1.54) is 9.80 Å². The maximum atomic E-state index is 13.2. The monoisotopic (exact) mass is 460 g/mol. The van der Waals surface area contributed by atoms with Crippen LogP contribution in [0.1, 0.15) is 54.3 Å². The van der Waals surface area contributed by atoms with Crippen LogP contribution in [0.2, 0.25) is 0 Å². The summed E-state index contributed by atoms with van der Waals surface area (Å²) in [7, 11) is 0. The number of nitrogens with one attached hydrogen (secondary N) is 2. The van der Waals surface area contributed by atoms with Gasteiger partial charge in [-0.3, -0.25) is 29.0 Å². The lowest BCUT2D eigenvalue weighted by molar-refractivity contribution is 0.0587. The molecule has 176 valence electrons. The fourth-order valence-electron chi connectivity index (χ4n) is 4.51. The molecule has 2 N–H and O–H groups in total. The lowest BCUT2D eigenvalue weighted by Gasteiger charge is -2.32. The van der Waals surface area contributed by atoms with Crippen LogP contribution in [-0.4, -0.2) is 72.7 Å². The van der Waals surface area contributed by atoms with Crippen LogP contribution in [0.15, 0.2) is 49.6 Å². The summed E-state index contributed by atoms with van der Waals surface area (Å²) >= 11 is 0. The Hall–Kier alpha value is -3.62. The van der Waals surface area contributed by atoms with E-state index in [-0.39, 0.29) is 13.1 Å². The van der Waals surface area contributed by atoms with Gasteiger partial charge in [0.15, 0.2) is 0 Å². The Bertz CT molecular complexity index is 1040. The van der Waals surface area contributed by atoms with Crippen molar-refractivity contribution < 1.29 is 19.2 Å². The Morgan fingerprint density at radius 3 is 1.24 bits per heavy atom. The highest BCUT2D eigenvalue weighted by atomic mass is 16.2. The van der Waals surface area contributed by atoms with Gasteiger partial charge in [-0.15, -0.1) is 13.2 Å². The summed E-state index contributed by atoms with van der Waals surface area (Å²) in [5.74, 6) is -1.61. The molecule has 34 heavy (non-hydrogen) atoms. The number of benzene rings is 2. The number of rotatable bonds is 12. The lowest BCUT2D eigenvalue weighted by Crippen LogP contribution is -2.44. The molecule has 0 atom stereocenters. The van der Waals surface area contributed by atoms with Crippen molar-refractivity contribution >= 4 is 34.4 Å². The van der Waals surface area contributed by atoms with E-state index >= 15 is 0 Å². The third kappa shape index (κ3) is 4.06. The molecule has 0 aliphatic carbocycles. The average molecular weight is 461 g/mol. The predicted molar refractivity (Wildman–Crippen MR) is 130 cm³/mol. The molecule has 0 saturated carbocycles. The number of imide groups is 2. The minimum atomic E-state index is -0.402. The summed E-state index contributed by atoms with van der Waals surface area (Å²) in [6.45, 7) is 10.4. The van der Waals surface area contributed by atoms with Crippen molar-refractivity contribution in [1.82, 2.24) is 20.4 Å². The van der Waals surface area contributed by atoms with E-state index in [1.54, 1.807) is 36.4 Å². The zero-order chi connectivity index (χ0) is 24.2. The van der Waals surface area contributed by atoms with Crippen LogP contribution in [0.5, 0.6) is 0 Å². The molecule has 8 nitrogen and oxygen atoms in total. The molecule has 2 aliphatic rings. The van der Waals surface area contributed by atoms with Gasteiger partial charge in [-0.05, 0) is 50.2 Å². The van der Waals surface area contributed by atoms with E-state index in [1.807, 2.05) is 0 Å². The van der Waals surface area contributed by atoms with E-state index in [9.17, 15) is 19.2 Å². The summed E-state index contributed by atoms with van der Waals surface area (Å²) in [6.07, 6.45) is 4.70. The van der Waals surface area contributed by atoms with E-state index in [4.69, 9.17) is 0 Å². The molecule has 0 bridgehead atoms. The van der Waals surface area contributed by atoms with Gasteiger partial charge in [-0.1, -0.05) is 12.2 Å². The van der Waals surface area contributed by atoms with E-state index in [2.05, 4.69) is 23.8 Å². The quantitative estimate of drug-likeness (QED) is 0.287. The predicted octanol–water partition coefficient (Wildman–Crippen LogP) is 2.36. The van der Waals surface area contributed by atoms with Crippen LogP contribution in [0.25, 0.3) is 10.8 Å². The zero-order valence-electron chi connectivity index (χ0n) is 19.1. The van der Waals surface area contributed by atoms with Crippen LogP contribution < -0.4 is 10.6 Å². The summed E-state index contributed by atoms with van der Waals surface area (Å²) in [5, 5.41) is 7.12. The van der Waals surface area contributed by atoms with E-state index in [0.717, 1.165) is 0 Å². The topological polar surface area (TPSA) is 98.8 Å². The molecule has 0 spiro atoms. The van der Waals surface area contributed by atoms with Crippen LogP contribution in [0, 0.1) is 0 Å². The van der Waals surface area contributed by atoms with Gasteiger partial charge in [-0.25, -0.2) is 0 Å². The smallest absolute Gasteiger partial charge is 0.261 e. The standard InChI is InChI=1S/C26H28N4O4/c1-3-11-27-13-5-15-29-23(31)17-7-9-19-22-20(10-8-18(21(17)22)24(29)32)26(34)30(25(19)33)16-6-14-28-12-4-2/h3-4,7-10,27-28H,1-2,5-6,11-16H2. The molecule has 0 radical (unpaired) electrons. The van der Waals surface area contributed by atoms with Crippen LogP contribution >= 0.6 is 0 Å². The minimum absolute atomic E-state index is 0.276. The second-order valence-electron chi connectivity index (χ2n) is 8.29. The first-order valence-corrected chi connectivity index (χ1v) is 11.5. The lowest BCUT2D eigenvalue weighted by atomic mass is 9.86.